The highest BCUT2D eigenvalue weighted by molar-refractivity contribution is 5.85. The zero-order valence-electron chi connectivity index (χ0n) is 13.3. The number of nitro groups is 1. The summed E-state index contributed by atoms with van der Waals surface area (Å²) in [7, 11) is 1.24. The first-order valence-corrected chi connectivity index (χ1v) is 7.08. The van der Waals surface area contributed by atoms with Crippen LogP contribution in [0.15, 0.2) is 24.3 Å². The molecule has 1 atom stereocenters. The molecule has 1 aromatic rings. The molecule has 0 bridgehead atoms. The van der Waals surface area contributed by atoms with Crippen molar-refractivity contribution in [2.24, 2.45) is 5.92 Å². The fourth-order valence-corrected chi connectivity index (χ4v) is 1.94. The molecule has 23 heavy (non-hydrogen) atoms. The fourth-order valence-electron chi connectivity index (χ4n) is 1.94. The lowest BCUT2D eigenvalue weighted by Gasteiger charge is -2.18. The first-order valence-electron chi connectivity index (χ1n) is 7.08. The minimum Gasteiger partial charge on any atom is -0.477 e. The van der Waals surface area contributed by atoms with E-state index in [0.717, 1.165) is 0 Å². The quantitative estimate of drug-likeness (QED) is 0.443. The van der Waals surface area contributed by atoms with E-state index in [9.17, 15) is 19.7 Å². The van der Waals surface area contributed by atoms with Gasteiger partial charge in [0.05, 0.1) is 12.0 Å². The molecule has 1 N–H and O–H groups in total. The lowest BCUT2D eigenvalue weighted by atomic mass is 10.0. The van der Waals surface area contributed by atoms with Crippen LogP contribution in [-0.2, 0) is 14.3 Å². The van der Waals surface area contributed by atoms with Crippen LogP contribution in [0.1, 0.15) is 20.3 Å². The highest BCUT2D eigenvalue weighted by Crippen LogP contribution is 2.25. The normalized spacial score (nSPS) is 11.7. The molecule has 8 heteroatoms. The summed E-state index contributed by atoms with van der Waals surface area (Å²) >= 11 is 0. The van der Waals surface area contributed by atoms with Gasteiger partial charge in [-0.3, -0.25) is 14.9 Å². The van der Waals surface area contributed by atoms with Crippen LogP contribution in [-0.4, -0.2) is 36.6 Å². The van der Waals surface area contributed by atoms with Crippen molar-refractivity contribution >= 4 is 17.6 Å². The summed E-state index contributed by atoms with van der Waals surface area (Å²) in [5.74, 6) is -0.932. The maximum absolute atomic E-state index is 11.9. The first kappa shape index (κ1) is 18.4. The number of methoxy groups -OCH3 is 1. The SMILES string of the molecule is COC(=O)[C@@H](CC(C)C)NC(=O)COc1ccccc1[N+](=O)[O-]. The van der Waals surface area contributed by atoms with Gasteiger partial charge in [0.15, 0.2) is 12.4 Å². The summed E-state index contributed by atoms with van der Waals surface area (Å²) in [4.78, 5) is 33.8. The number of nitrogens with zero attached hydrogens (tertiary/aromatic N) is 1. The Hall–Kier alpha value is -2.64. The lowest BCUT2D eigenvalue weighted by Crippen LogP contribution is -2.44. The number of amides is 1. The van der Waals surface area contributed by atoms with E-state index >= 15 is 0 Å². The van der Waals surface area contributed by atoms with Crippen molar-refractivity contribution in [2.45, 2.75) is 26.3 Å². The molecule has 0 radical (unpaired) electrons. The molecule has 0 saturated heterocycles. The molecule has 0 unspecified atom stereocenters. The van der Waals surface area contributed by atoms with Crippen molar-refractivity contribution in [3.63, 3.8) is 0 Å². The zero-order chi connectivity index (χ0) is 17.4. The minimum atomic E-state index is -0.776. The second-order valence-electron chi connectivity index (χ2n) is 5.29. The van der Waals surface area contributed by atoms with E-state index in [4.69, 9.17) is 4.74 Å². The molecular formula is C15H20N2O6. The van der Waals surface area contributed by atoms with Gasteiger partial charge in [0.25, 0.3) is 5.91 Å². The third-order valence-corrected chi connectivity index (χ3v) is 2.95. The average Bonchev–Trinajstić information content (AvgIpc) is 2.51. The average molecular weight is 324 g/mol. The predicted octanol–water partition coefficient (Wildman–Crippen LogP) is 1.68. The number of benzene rings is 1. The fraction of sp³-hybridized carbons (Fsp3) is 0.467. The molecule has 8 nitrogen and oxygen atoms in total. The van der Waals surface area contributed by atoms with Gasteiger partial charge in [0.1, 0.15) is 6.04 Å². The summed E-state index contributed by atoms with van der Waals surface area (Å²) in [5.41, 5.74) is -0.230. The number of para-hydroxylation sites is 2. The molecule has 126 valence electrons. The van der Waals surface area contributed by atoms with Crippen LogP contribution in [0.4, 0.5) is 5.69 Å². The largest absolute Gasteiger partial charge is 0.477 e. The molecule has 0 aromatic heterocycles. The van der Waals surface area contributed by atoms with Crippen molar-refractivity contribution in [3.8, 4) is 5.75 Å². The number of esters is 1. The molecular weight excluding hydrogens is 304 g/mol. The molecule has 0 aliphatic carbocycles. The number of ether oxygens (including phenoxy) is 2. The number of carbonyl (C=O) groups excluding carboxylic acids is 2. The Morgan fingerprint density at radius 3 is 2.52 bits per heavy atom. The Bertz CT molecular complexity index is 573. The second kappa shape index (κ2) is 8.72. The summed E-state index contributed by atoms with van der Waals surface area (Å²) in [6, 6.07) is 4.97. The smallest absolute Gasteiger partial charge is 0.328 e. The monoisotopic (exact) mass is 324 g/mol. The molecule has 0 spiro atoms. The number of hydrogen-bond acceptors (Lipinski definition) is 6. The van der Waals surface area contributed by atoms with E-state index in [2.05, 4.69) is 10.1 Å². The molecule has 0 saturated carbocycles. The topological polar surface area (TPSA) is 108 Å². The summed E-state index contributed by atoms with van der Waals surface area (Å²) in [6.45, 7) is 3.38. The van der Waals surface area contributed by atoms with Crippen LogP contribution in [0.2, 0.25) is 0 Å². The molecule has 1 rings (SSSR count). The second-order valence-corrected chi connectivity index (χ2v) is 5.29. The highest BCUT2D eigenvalue weighted by Gasteiger charge is 2.23. The predicted molar refractivity (Wildman–Crippen MR) is 82.0 cm³/mol. The van der Waals surface area contributed by atoms with E-state index in [0.29, 0.717) is 6.42 Å². The molecule has 0 aliphatic rings. The van der Waals surface area contributed by atoms with Gasteiger partial charge in [-0.1, -0.05) is 26.0 Å². The Morgan fingerprint density at radius 2 is 1.96 bits per heavy atom. The van der Waals surface area contributed by atoms with E-state index in [1.807, 2.05) is 13.8 Å². The number of hydrogen-bond donors (Lipinski definition) is 1. The maximum Gasteiger partial charge on any atom is 0.328 e. The van der Waals surface area contributed by atoms with Crippen LogP contribution in [0.5, 0.6) is 5.75 Å². The van der Waals surface area contributed by atoms with Gasteiger partial charge in [-0.05, 0) is 18.4 Å². The molecule has 0 heterocycles. The van der Waals surface area contributed by atoms with Crippen molar-refractivity contribution in [2.75, 3.05) is 13.7 Å². The van der Waals surface area contributed by atoms with Gasteiger partial charge in [-0.25, -0.2) is 4.79 Å². The Kier molecular flexibility index (Phi) is 6.98. The van der Waals surface area contributed by atoms with Gasteiger partial charge in [0, 0.05) is 6.07 Å². The standard InChI is InChI=1S/C15H20N2O6/c1-10(2)8-11(15(19)22-3)16-14(18)9-23-13-7-5-4-6-12(13)17(20)21/h4-7,10-11H,8-9H2,1-3H3,(H,16,18)/t11-/m1/s1. The van der Waals surface area contributed by atoms with Crippen molar-refractivity contribution < 1.29 is 24.0 Å². The Labute approximate surface area is 133 Å². The van der Waals surface area contributed by atoms with Crippen LogP contribution in [0.25, 0.3) is 0 Å². The molecule has 0 aliphatic heterocycles. The van der Waals surface area contributed by atoms with Gasteiger partial charge in [-0.15, -0.1) is 0 Å². The number of carbonyl (C=O) groups is 2. The molecule has 1 aromatic carbocycles. The van der Waals surface area contributed by atoms with Gasteiger partial charge < -0.3 is 14.8 Å². The summed E-state index contributed by atoms with van der Waals surface area (Å²) in [6.07, 6.45) is 0.421. The van der Waals surface area contributed by atoms with Crippen LogP contribution in [0, 0.1) is 16.0 Å². The summed E-state index contributed by atoms with van der Waals surface area (Å²) in [5, 5.41) is 13.4. The Morgan fingerprint density at radius 1 is 1.30 bits per heavy atom. The van der Waals surface area contributed by atoms with E-state index < -0.39 is 29.4 Å². The first-order chi connectivity index (χ1) is 10.8. The number of nitro benzene ring substituents is 1. The number of rotatable bonds is 8. The van der Waals surface area contributed by atoms with E-state index in [1.165, 1.54) is 25.3 Å². The number of nitrogens with one attached hydrogen (secondary N) is 1. The zero-order valence-corrected chi connectivity index (χ0v) is 13.3. The molecule has 1 amide bonds. The van der Waals surface area contributed by atoms with Crippen molar-refractivity contribution in [1.29, 1.82) is 0 Å². The molecule has 0 fully saturated rings. The van der Waals surface area contributed by atoms with Crippen LogP contribution < -0.4 is 10.1 Å². The third kappa shape index (κ3) is 5.93. The van der Waals surface area contributed by atoms with Crippen molar-refractivity contribution in [1.82, 2.24) is 5.32 Å². The van der Waals surface area contributed by atoms with Gasteiger partial charge in [-0.2, -0.15) is 0 Å². The third-order valence-electron chi connectivity index (χ3n) is 2.95. The van der Waals surface area contributed by atoms with Crippen LogP contribution in [0.3, 0.4) is 0 Å². The Balaban J connectivity index is 2.65. The van der Waals surface area contributed by atoms with E-state index in [-0.39, 0.29) is 17.4 Å². The van der Waals surface area contributed by atoms with E-state index in [1.54, 1.807) is 6.07 Å². The highest BCUT2D eigenvalue weighted by atomic mass is 16.6. The van der Waals surface area contributed by atoms with Crippen LogP contribution >= 0.6 is 0 Å². The lowest BCUT2D eigenvalue weighted by molar-refractivity contribution is -0.385. The van der Waals surface area contributed by atoms with Gasteiger partial charge >= 0.3 is 11.7 Å². The van der Waals surface area contributed by atoms with Crippen molar-refractivity contribution in [3.05, 3.63) is 34.4 Å². The minimum absolute atomic E-state index is 0.00822. The van der Waals surface area contributed by atoms with Gasteiger partial charge in [0.2, 0.25) is 0 Å². The maximum atomic E-state index is 11.9. The summed E-state index contributed by atoms with van der Waals surface area (Å²) < 4.78 is 9.82.